The van der Waals surface area contributed by atoms with Gasteiger partial charge in [0.1, 0.15) is 0 Å². The standard InChI is InChI=1S/C86H170O4S/c1-9-17-25-33-41-49-57-65-73-83(81(87)88,74-66-58-50-42-34-26-18-10-2)85(77-69-61-53-45-37-29-21-13-5,78-70-62-54-46-38-30-22-14-6)91-86(79-71-63-55-47-39-31-23-15-7,80-72-64-56-48-40-32-24-16-8)84(82(89)90,75-67-59-51-43-35-27-19-11-3)76-68-60-52-44-36-28-20-12-4/h9-80H2,1-8H3,(H,87,88)(H,89,90). The molecule has 0 radical (unpaired) electrons. The van der Waals surface area contributed by atoms with Crippen molar-refractivity contribution in [1.29, 1.82) is 0 Å². The zero-order valence-corrected chi connectivity index (χ0v) is 64.8. The average molecular weight is 1300 g/mol. The Morgan fingerprint density at radius 2 is 0.297 bits per heavy atom. The number of carbonyl (C=O) groups is 2. The van der Waals surface area contributed by atoms with Crippen molar-refractivity contribution in [2.24, 2.45) is 10.8 Å². The third-order valence-corrected chi connectivity index (χ3v) is 24.9. The zero-order valence-electron chi connectivity index (χ0n) is 64.0. The highest BCUT2D eigenvalue weighted by Crippen LogP contribution is 2.66. The van der Waals surface area contributed by atoms with Gasteiger partial charge in [-0.15, -0.1) is 11.8 Å². The van der Waals surface area contributed by atoms with Crippen LogP contribution >= 0.6 is 11.8 Å². The van der Waals surface area contributed by atoms with Gasteiger partial charge in [-0.2, -0.15) is 0 Å². The first-order valence-corrected chi connectivity index (χ1v) is 43.6. The van der Waals surface area contributed by atoms with E-state index in [2.05, 4.69) is 67.2 Å². The highest BCUT2D eigenvalue weighted by Gasteiger charge is 2.63. The van der Waals surface area contributed by atoms with E-state index in [1.807, 2.05) is 0 Å². The molecule has 0 amide bonds. The highest BCUT2D eigenvalue weighted by atomic mass is 32.2. The van der Waals surface area contributed by atoms with Crippen LogP contribution in [0, 0.1) is 10.8 Å². The van der Waals surface area contributed by atoms with Crippen molar-refractivity contribution >= 4 is 23.7 Å². The Balaban J connectivity index is 9.03. The normalized spacial score (nSPS) is 12.5. The van der Waals surface area contributed by atoms with Gasteiger partial charge in [0.25, 0.3) is 0 Å². The summed E-state index contributed by atoms with van der Waals surface area (Å²) in [5, 5.41) is 26.0. The fourth-order valence-corrected chi connectivity index (χ4v) is 19.1. The van der Waals surface area contributed by atoms with Crippen LogP contribution in [0.25, 0.3) is 0 Å². The van der Waals surface area contributed by atoms with Gasteiger partial charge in [-0.1, -0.05) is 466 Å². The summed E-state index contributed by atoms with van der Waals surface area (Å²) < 4.78 is -1.10. The molecule has 0 aliphatic carbocycles. The third kappa shape index (κ3) is 44.8. The van der Waals surface area contributed by atoms with E-state index in [0.717, 1.165) is 128 Å². The van der Waals surface area contributed by atoms with Crippen LogP contribution in [0.3, 0.4) is 0 Å². The Labute approximate surface area is 578 Å². The molecule has 0 aliphatic heterocycles. The minimum Gasteiger partial charge on any atom is -0.481 e. The summed E-state index contributed by atoms with van der Waals surface area (Å²) in [7, 11) is 0. The summed E-state index contributed by atoms with van der Waals surface area (Å²) in [6.07, 6.45) is 85.6. The van der Waals surface area contributed by atoms with E-state index >= 15 is 9.59 Å². The average Bonchev–Trinajstić information content (AvgIpc) is 0.742. The molecular formula is C86H170O4S. The fraction of sp³-hybridized carbons (Fsp3) is 0.977. The lowest BCUT2D eigenvalue weighted by Gasteiger charge is -2.58. The molecule has 0 rings (SSSR count). The summed E-state index contributed by atoms with van der Waals surface area (Å²) >= 11 is 2.20. The molecule has 544 valence electrons. The van der Waals surface area contributed by atoms with Gasteiger partial charge < -0.3 is 10.2 Å². The van der Waals surface area contributed by atoms with Crippen molar-refractivity contribution in [3.8, 4) is 0 Å². The SMILES string of the molecule is CCCCCCCCCCC(CCCCCCCCCC)(SC(CCCCCCCCCC)(CCCCCCCCCC)C(CCCCCCCCCC)(CCCCCCCCCC)C(=O)O)C(CCCCCCCCCC)(CCCCCCCCCC)C(=O)O. The van der Waals surface area contributed by atoms with Gasteiger partial charge in [0.2, 0.25) is 0 Å². The number of aliphatic carboxylic acids is 2. The molecule has 0 aliphatic rings. The van der Waals surface area contributed by atoms with Crippen LogP contribution in [-0.2, 0) is 9.59 Å². The van der Waals surface area contributed by atoms with Gasteiger partial charge in [-0.05, 0) is 51.4 Å². The van der Waals surface area contributed by atoms with Crippen molar-refractivity contribution in [3.05, 3.63) is 0 Å². The largest absolute Gasteiger partial charge is 0.481 e. The molecule has 0 saturated carbocycles. The van der Waals surface area contributed by atoms with Crippen LogP contribution in [-0.4, -0.2) is 31.6 Å². The number of hydrogen-bond acceptors (Lipinski definition) is 3. The molecule has 0 aromatic rings. The summed E-state index contributed by atoms with van der Waals surface area (Å²) in [6.45, 7) is 18.6. The first-order valence-electron chi connectivity index (χ1n) is 42.7. The second-order valence-electron chi connectivity index (χ2n) is 30.7. The number of thioether (sulfide) groups is 1. The minimum atomic E-state index is -0.907. The van der Waals surface area contributed by atoms with E-state index < -0.39 is 32.3 Å². The van der Waals surface area contributed by atoms with Crippen LogP contribution in [0.1, 0.15) is 518 Å². The van der Waals surface area contributed by atoms with Crippen molar-refractivity contribution in [2.45, 2.75) is 527 Å². The number of hydrogen-bond donors (Lipinski definition) is 2. The predicted octanol–water partition coefficient (Wildman–Crippen LogP) is 31.6. The van der Waals surface area contributed by atoms with E-state index in [1.165, 1.54) is 334 Å². The lowest BCUT2D eigenvalue weighted by Crippen LogP contribution is -2.59. The number of carboxylic acid groups (broad SMARTS) is 2. The lowest BCUT2D eigenvalue weighted by atomic mass is 9.63. The number of rotatable bonds is 78. The Bertz CT molecular complexity index is 1300. The molecule has 0 spiro atoms. The van der Waals surface area contributed by atoms with Crippen molar-refractivity contribution in [3.63, 3.8) is 0 Å². The summed E-state index contributed by atoms with van der Waals surface area (Å²) in [4.78, 5) is 31.7. The zero-order chi connectivity index (χ0) is 66.8. The van der Waals surface area contributed by atoms with Crippen molar-refractivity contribution in [1.82, 2.24) is 0 Å². The van der Waals surface area contributed by atoms with Crippen LogP contribution in [0.5, 0.6) is 0 Å². The maximum Gasteiger partial charge on any atom is 0.311 e. The smallest absolute Gasteiger partial charge is 0.311 e. The maximum absolute atomic E-state index is 15.8. The van der Waals surface area contributed by atoms with Gasteiger partial charge in [-0.25, -0.2) is 0 Å². The van der Waals surface area contributed by atoms with Crippen LogP contribution in [0.15, 0.2) is 0 Å². The van der Waals surface area contributed by atoms with Crippen molar-refractivity contribution < 1.29 is 19.8 Å². The molecule has 4 nitrogen and oxygen atoms in total. The van der Waals surface area contributed by atoms with Crippen LogP contribution < -0.4 is 0 Å². The molecule has 2 N–H and O–H groups in total. The Hall–Kier alpha value is -0.710. The van der Waals surface area contributed by atoms with Crippen LogP contribution in [0.4, 0.5) is 0 Å². The molecule has 0 fully saturated rings. The van der Waals surface area contributed by atoms with Crippen molar-refractivity contribution in [2.75, 3.05) is 0 Å². The maximum atomic E-state index is 15.8. The van der Waals surface area contributed by atoms with Crippen LogP contribution in [0.2, 0.25) is 0 Å². The molecule has 91 heavy (non-hydrogen) atoms. The highest BCUT2D eigenvalue weighted by molar-refractivity contribution is 8.02. The molecule has 0 aromatic heterocycles. The molecule has 0 bridgehead atoms. The van der Waals surface area contributed by atoms with E-state index in [1.54, 1.807) is 0 Å². The first-order chi connectivity index (χ1) is 44.6. The summed E-state index contributed by atoms with van der Waals surface area (Å²) in [5.41, 5.74) is -1.81. The number of carboxylic acids is 2. The Morgan fingerprint density at radius 3 is 0.418 bits per heavy atom. The topological polar surface area (TPSA) is 74.6 Å². The number of unbranched alkanes of at least 4 members (excludes halogenated alkanes) is 56. The van der Waals surface area contributed by atoms with Gasteiger partial charge >= 0.3 is 11.9 Å². The van der Waals surface area contributed by atoms with Gasteiger partial charge in [0.15, 0.2) is 0 Å². The second kappa shape index (κ2) is 66.5. The summed E-state index contributed by atoms with van der Waals surface area (Å²) in [5.74, 6) is -1.02. The molecule has 0 unspecified atom stereocenters. The van der Waals surface area contributed by atoms with Gasteiger partial charge in [0.05, 0.1) is 10.8 Å². The van der Waals surface area contributed by atoms with E-state index in [0.29, 0.717) is 0 Å². The molecular weight excluding hydrogens is 1130 g/mol. The lowest BCUT2D eigenvalue weighted by molar-refractivity contribution is -0.153. The minimum absolute atomic E-state index is 0.509. The molecule has 0 atom stereocenters. The fourth-order valence-electron chi connectivity index (χ4n) is 16.4. The monoisotopic (exact) mass is 1300 g/mol. The predicted molar refractivity (Wildman–Crippen MR) is 411 cm³/mol. The summed E-state index contributed by atoms with van der Waals surface area (Å²) in [6, 6.07) is 0. The quantitative estimate of drug-likeness (QED) is 0.0594. The van der Waals surface area contributed by atoms with Gasteiger partial charge in [0, 0.05) is 9.49 Å². The molecule has 0 saturated heterocycles. The Morgan fingerprint density at radius 1 is 0.187 bits per heavy atom. The first kappa shape index (κ1) is 90.3. The molecule has 0 aromatic carbocycles. The Kier molecular flexibility index (Phi) is 66.0. The van der Waals surface area contributed by atoms with E-state index in [-0.39, 0.29) is 0 Å². The van der Waals surface area contributed by atoms with Gasteiger partial charge in [-0.3, -0.25) is 9.59 Å². The molecule has 0 heterocycles. The molecule has 5 heteroatoms. The van der Waals surface area contributed by atoms with E-state index in [9.17, 15) is 10.2 Å². The van der Waals surface area contributed by atoms with E-state index in [4.69, 9.17) is 0 Å². The third-order valence-electron chi connectivity index (χ3n) is 22.5. The second-order valence-corrected chi connectivity index (χ2v) is 32.4.